The van der Waals surface area contributed by atoms with E-state index in [9.17, 15) is 0 Å². The number of carbonyl (C=O) groups excluding carboxylic acids is 1. The molecule has 0 spiro atoms. The number of Topliss-reactive ketones (excluding diaryl/α,β-unsaturated/α-hetero) is 1. The molecule has 4 aliphatic rings. The van der Waals surface area contributed by atoms with Crippen LogP contribution in [-0.2, 0) is 30.5 Å². The minimum absolute atomic E-state index is 0.277. The Morgan fingerprint density at radius 3 is 1.50 bits per heavy atom. The monoisotopic (exact) mass is 901 g/mol. The summed E-state index contributed by atoms with van der Waals surface area (Å²) < 4.78 is 0. The molecule has 10 rings (SSSR count). The van der Waals surface area contributed by atoms with Gasteiger partial charge in [0.25, 0.3) is 0 Å². The molecule has 0 saturated carbocycles. The van der Waals surface area contributed by atoms with Crippen molar-refractivity contribution in [1.82, 2.24) is 39.5 Å². The van der Waals surface area contributed by atoms with Crippen LogP contribution in [0, 0.1) is 11.8 Å². The van der Waals surface area contributed by atoms with Crippen LogP contribution in [0.25, 0.3) is 21.8 Å². The normalized spacial score (nSPS) is 21.5. The van der Waals surface area contributed by atoms with E-state index in [4.69, 9.17) is 11.5 Å². The molecular weight excluding hydrogens is 833 g/mol. The summed E-state index contributed by atoms with van der Waals surface area (Å²) >= 11 is 3.37. The molecular formula is C51H68N10OS2. The van der Waals surface area contributed by atoms with Crippen molar-refractivity contribution >= 4 is 60.5 Å². The first-order chi connectivity index (χ1) is 31.3. The lowest BCUT2D eigenvalue weighted by molar-refractivity contribution is -0.132. The number of para-hydroxylation sites is 2. The number of nitrogen functional groups attached to an aromatic ring is 2. The van der Waals surface area contributed by atoms with E-state index in [0.29, 0.717) is 34.2 Å². The Hall–Kier alpha value is -4.11. The van der Waals surface area contributed by atoms with Gasteiger partial charge in [-0.3, -0.25) is 24.4 Å². The van der Waals surface area contributed by atoms with Crippen LogP contribution < -0.4 is 11.5 Å². The molecule has 2 aliphatic carbocycles. The second-order valence-electron chi connectivity index (χ2n) is 19.4. The van der Waals surface area contributed by atoms with Gasteiger partial charge in [0.2, 0.25) is 0 Å². The zero-order chi connectivity index (χ0) is 43.7. The number of benzene rings is 2. The Morgan fingerprint density at radius 2 is 1.09 bits per heavy atom. The number of hydrogen-bond acceptors (Lipinski definition) is 11. The topological polar surface area (TPSA) is 139 Å². The average Bonchev–Trinajstić information content (AvgIpc) is 4.10. The molecule has 2 aliphatic heterocycles. The van der Waals surface area contributed by atoms with Gasteiger partial charge < -0.3 is 21.4 Å². The van der Waals surface area contributed by atoms with Crippen molar-refractivity contribution in [2.45, 2.75) is 115 Å². The third-order valence-electron chi connectivity index (χ3n) is 15.2. The van der Waals surface area contributed by atoms with Crippen LogP contribution in [0.5, 0.6) is 0 Å². The molecule has 11 nitrogen and oxygen atoms in total. The highest BCUT2D eigenvalue weighted by Crippen LogP contribution is 2.39. The highest BCUT2D eigenvalue weighted by molar-refractivity contribution is 7.15. The number of thiazole rings is 2. The van der Waals surface area contributed by atoms with E-state index in [0.717, 1.165) is 163 Å². The number of likely N-dealkylation sites (tertiary alicyclic amines) is 2. The number of rotatable bonds is 16. The number of nitrogens with zero attached hydrogens (tertiary/aromatic N) is 6. The van der Waals surface area contributed by atoms with Crippen molar-refractivity contribution in [3.8, 4) is 0 Å². The maximum absolute atomic E-state index is 15.9. The molecule has 6 heterocycles. The molecule has 64 heavy (non-hydrogen) atoms. The largest absolute Gasteiger partial charge is 0.375 e. The summed E-state index contributed by atoms with van der Waals surface area (Å²) in [5, 5.41) is 3.74. The minimum atomic E-state index is -0.375. The van der Waals surface area contributed by atoms with Crippen LogP contribution in [0.1, 0.15) is 110 Å². The van der Waals surface area contributed by atoms with Gasteiger partial charge in [-0.15, -0.1) is 22.7 Å². The summed E-state index contributed by atoms with van der Waals surface area (Å²) in [5.74, 6) is 1.47. The maximum atomic E-state index is 15.9. The number of hydrogen-bond donors (Lipinski definition) is 4. The van der Waals surface area contributed by atoms with Crippen LogP contribution >= 0.6 is 22.7 Å². The van der Waals surface area contributed by atoms with Gasteiger partial charge in [0.05, 0.1) is 11.4 Å². The fourth-order valence-electron chi connectivity index (χ4n) is 11.9. The van der Waals surface area contributed by atoms with Gasteiger partial charge in [0.15, 0.2) is 16.0 Å². The molecule has 2 saturated heterocycles. The van der Waals surface area contributed by atoms with Crippen LogP contribution in [0.4, 0.5) is 10.3 Å². The zero-order valence-corrected chi connectivity index (χ0v) is 39.6. The summed E-state index contributed by atoms with van der Waals surface area (Å²) in [5.41, 5.74) is 18.9. The number of aryl methyl sites for hydroxylation is 2. The highest BCUT2D eigenvalue weighted by atomic mass is 32.1. The molecule has 6 N–H and O–H groups in total. The molecule has 0 radical (unpaired) electrons. The predicted octanol–water partition coefficient (Wildman–Crippen LogP) is 9.04. The summed E-state index contributed by atoms with van der Waals surface area (Å²) in [4.78, 5) is 46.1. The maximum Gasteiger partial charge on any atom is 0.180 e. The lowest BCUT2D eigenvalue weighted by atomic mass is 9.88. The number of nitrogens with one attached hydrogen (secondary N) is 2. The van der Waals surface area contributed by atoms with E-state index in [-0.39, 0.29) is 17.9 Å². The van der Waals surface area contributed by atoms with Gasteiger partial charge in [-0.1, -0.05) is 50.2 Å². The molecule has 0 bridgehead atoms. The van der Waals surface area contributed by atoms with Crippen molar-refractivity contribution in [2.24, 2.45) is 11.8 Å². The van der Waals surface area contributed by atoms with Crippen LogP contribution in [0.15, 0.2) is 60.7 Å². The number of H-pyrrole nitrogens is 2. The Balaban J connectivity index is 0.882. The Kier molecular flexibility index (Phi) is 13.3. The number of nitrogens with two attached hydrogens (primary N) is 2. The van der Waals surface area contributed by atoms with Crippen LogP contribution in [0.3, 0.4) is 0 Å². The van der Waals surface area contributed by atoms with Crippen LogP contribution in [-0.4, -0.2) is 110 Å². The summed E-state index contributed by atoms with van der Waals surface area (Å²) in [6.07, 6.45) is 13.1. The van der Waals surface area contributed by atoms with E-state index in [2.05, 4.69) is 114 Å². The third-order valence-corrected chi connectivity index (χ3v) is 17.1. The van der Waals surface area contributed by atoms with E-state index in [1.165, 1.54) is 21.1 Å². The van der Waals surface area contributed by atoms with Crippen molar-refractivity contribution in [1.29, 1.82) is 0 Å². The molecule has 340 valence electrons. The van der Waals surface area contributed by atoms with Gasteiger partial charge in [0, 0.05) is 57.3 Å². The first-order valence-electron chi connectivity index (χ1n) is 24.4. The second-order valence-corrected chi connectivity index (χ2v) is 21.6. The molecule has 0 amide bonds. The van der Waals surface area contributed by atoms with Gasteiger partial charge in [-0.05, 0) is 163 Å². The van der Waals surface area contributed by atoms with Gasteiger partial charge >= 0.3 is 0 Å². The minimum Gasteiger partial charge on any atom is -0.375 e. The van der Waals surface area contributed by atoms with E-state index in [1.54, 1.807) is 22.7 Å². The summed E-state index contributed by atoms with van der Waals surface area (Å²) in [7, 11) is 0. The lowest BCUT2D eigenvalue weighted by Crippen LogP contribution is -2.49. The van der Waals surface area contributed by atoms with Gasteiger partial charge in [0.1, 0.15) is 12.1 Å². The molecule has 2 fully saturated rings. The Bertz CT molecular complexity index is 2270. The first-order valence-corrected chi connectivity index (χ1v) is 26.1. The van der Waals surface area contributed by atoms with E-state index < -0.39 is 0 Å². The predicted molar refractivity (Wildman–Crippen MR) is 264 cm³/mol. The average molecular weight is 901 g/mol. The third kappa shape index (κ3) is 9.31. The zero-order valence-electron chi connectivity index (χ0n) is 37.9. The number of fused-ring (bicyclic) bond motifs is 4. The van der Waals surface area contributed by atoms with Crippen LogP contribution in [0.2, 0.25) is 0 Å². The molecule has 4 aromatic heterocycles. The summed E-state index contributed by atoms with van der Waals surface area (Å²) in [6, 6.07) is 21.8. The number of carbonyl (C=O) groups is 1. The fraction of sp³-hybridized carbons (Fsp3) is 0.549. The molecule has 6 aromatic rings. The fourth-order valence-corrected chi connectivity index (χ4v) is 13.8. The highest BCUT2D eigenvalue weighted by Gasteiger charge is 2.42. The number of ketones is 1. The standard InChI is InChI=1S/C51H68N10OS2/c1-3-21-60(37-13-15-41-45(29-37)63-50(52)56-41)31-33-17-23-58(24-18-33)47(43-27-35-9-5-7-11-39(35)54-43)49(62)48(44-28-36-10-6-8-12-40(36)55-44)59-25-19-34(20-26-59)32-61(22-4-2)38-14-16-42-46(30-38)64-51(53)57-42/h5-12,27-28,33-34,37-38,47-48,54-55H,3-4,13-26,29-32H2,1-2H3,(H2,52,56)(H2,53,57)/t37?,38?,47-,48-/m0/s1. The van der Waals surface area contributed by atoms with Gasteiger partial charge in [-0.25, -0.2) is 9.97 Å². The molecule has 2 unspecified atom stereocenters. The number of aromatic amines is 2. The van der Waals surface area contributed by atoms with E-state index >= 15 is 4.79 Å². The van der Waals surface area contributed by atoms with Crippen molar-refractivity contribution in [3.05, 3.63) is 93.2 Å². The SMILES string of the molecule is CCCN(CC1CCN([C@H](C(=O)[C@H](c2cc3ccccc3[nH]2)N2CCC(CN(CCC)C3CCc4nc(N)sc4C3)CC2)c2cc3ccccc3[nH]2)CC1)C1CCc2nc(N)sc2C1. The summed E-state index contributed by atoms with van der Waals surface area (Å²) in [6.45, 7) is 12.7. The Labute approximate surface area is 387 Å². The molecule has 2 aromatic carbocycles. The molecule has 4 atom stereocenters. The smallest absolute Gasteiger partial charge is 0.180 e. The quantitative estimate of drug-likeness (QED) is 0.0750. The van der Waals surface area contributed by atoms with Crippen molar-refractivity contribution in [2.75, 3.05) is 63.8 Å². The molecule has 13 heteroatoms. The van der Waals surface area contributed by atoms with Crippen molar-refractivity contribution < 1.29 is 4.79 Å². The Morgan fingerprint density at radius 1 is 0.672 bits per heavy atom. The number of piperidine rings is 2. The van der Waals surface area contributed by atoms with E-state index in [1.807, 2.05) is 0 Å². The first kappa shape index (κ1) is 43.8. The lowest BCUT2D eigenvalue weighted by Gasteiger charge is -2.43. The number of aromatic nitrogens is 4. The van der Waals surface area contributed by atoms with Gasteiger partial charge in [-0.2, -0.15) is 0 Å². The number of anilines is 2. The van der Waals surface area contributed by atoms with Crippen molar-refractivity contribution in [3.63, 3.8) is 0 Å². The second kappa shape index (κ2) is 19.4.